The van der Waals surface area contributed by atoms with Crippen molar-refractivity contribution in [3.05, 3.63) is 18.2 Å². The van der Waals surface area contributed by atoms with Crippen LogP contribution in [0.4, 0.5) is 11.6 Å². The smallest absolute Gasteiger partial charge is 0.131 e. The summed E-state index contributed by atoms with van der Waals surface area (Å²) in [4.78, 5) is 9.38. The van der Waals surface area contributed by atoms with Crippen LogP contribution in [-0.2, 0) is 9.47 Å². The van der Waals surface area contributed by atoms with E-state index in [1.807, 2.05) is 12.1 Å². The van der Waals surface area contributed by atoms with E-state index in [1.54, 1.807) is 0 Å². The number of rotatable bonds is 6. The van der Waals surface area contributed by atoms with E-state index >= 15 is 0 Å². The van der Waals surface area contributed by atoms with Crippen molar-refractivity contribution in [2.75, 3.05) is 75.9 Å². The Hall–Kier alpha value is -1.37. The number of nitrogens with zero attached hydrogens (tertiary/aromatic N) is 3. The third-order valence-corrected chi connectivity index (χ3v) is 4.06. The van der Waals surface area contributed by atoms with Crippen molar-refractivity contribution in [2.45, 2.75) is 6.42 Å². The van der Waals surface area contributed by atoms with Gasteiger partial charge in [-0.05, 0) is 31.2 Å². The van der Waals surface area contributed by atoms with Crippen LogP contribution in [0.2, 0.25) is 0 Å². The summed E-state index contributed by atoms with van der Waals surface area (Å²) < 4.78 is 10.7. The van der Waals surface area contributed by atoms with Gasteiger partial charge in [-0.3, -0.25) is 4.90 Å². The maximum absolute atomic E-state index is 5.38. The molecule has 0 aromatic carbocycles. The van der Waals surface area contributed by atoms with Crippen molar-refractivity contribution in [3.8, 4) is 0 Å². The van der Waals surface area contributed by atoms with E-state index in [2.05, 4.69) is 26.2 Å². The fourth-order valence-corrected chi connectivity index (χ4v) is 2.77. The van der Waals surface area contributed by atoms with Gasteiger partial charge in [-0.15, -0.1) is 0 Å². The van der Waals surface area contributed by atoms with Crippen LogP contribution < -0.4 is 10.2 Å². The second-order valence-electron chi connectivity index (χ2n) is 5.64. The SMILES string of the molecule is [c]1cc(NCCCN2CCOCC2)nc(N2CCOCC2)c1. The number of morpholine rings is 2. The number of anilines is 2. The van der Waals surface area contributed by atoms with E-state index in [1.165, 1.54) is 0 Å². The summed E-state index contributed by atoms with van der Waals surface area (Å²) in [6, 6.07) is 7.05. The highest BCUT2D eigenvalue weighted by Crippen LogP contribution is 2.15. The molecule has 0 aliphatic carbocycles. The van der Waals surface area contributed by atoms with Crippen LogP contribution in [-0.4, -0.2) is 75.6 Å². The van der Waals surface area contributed by atoms with Crippen molar-refractivity contribution in [1.29, 1.82) is 0 Å². The van der Waals surface area contributed by atoms with Crippen LogP contribution in [0.25, 0.3) is 0 Å². The first-order valence-electron chi connectivity index (χ1n) is 8.16. The quantitative estimate of drug-likeness (QED) is 0.787. The Balaban J connectivity index is 1.42. The topological polar surface area (TPSA) is 49.9 Å². The summed E-state index contributed by atoms with van der Waals surface area (Å²) in [5, 5.41) is 3.41. The van der Waals surface area contributed by atoms with Crippen molar-refractivity contribution in [3.63, 3.8) is 0 Å². The number of pyridine rings is 1. The molecule has 121 valence electrons. The molecule has 0 bridgehead atoms. The van der Waals surface area contributed by atoms with Gasteiger partial charge < -0.3 is 19.7 Å². The monoisotopic (exact) mass is 305 g/mol. The highest BCUT2D eigenvalue weighted by atomic mass is 16.5. The zero-order valence-electron chi connectivity index (χ0n) is 13.1. The van der Waals surface area contributed by atoms with E-state index in [9.17, 15) is 0 Å². The molecular weight excluding hydrogens is 280 g/mol. The molecule has 0 spiro atoms. The van der Waals surface area contributed by atoms with Crippen LogP contribution in [0.3, 0.4) is 0 Å². The number of hydrogen-bond acceptors (Lipinski definition) is 6. The first-order valence-corrected chi connectivity index (χ1v) is 8.16. The first-order chi connectivity index (χ1) is 10.9. The van der Waals surface area contributed by atoms with Gasteiger partial charge in [0.2, 0.25) is 0 Å². The molecule has 3 heterocycles. The van der Waals surface area contributed by atoms with Gasteiger partial charge in [0, 0.05) is 32.7 Å². The van der Waals surface area contributed by atoms with Gasteiger partial charge in [0.05, 0.1) is 26.4 Å². The lowest BCUT2D eigenvalue weighted by Gasteiger charge is -2.28. The number of aromatic nitrogens is 1. The second-order valence-corrected chi connectivity index (χ2v) is 5.64. The highest BCUT2D eigenvalue weighted by Gasteiger charge is 2.13. The van der Waals surface area contributed by atoms with Crippen molar-refractivity contribution < 1.29 is 9.47 Å². The molecule has 2 aliphatic rings. The lowest BCUT2D eigenvalue weighted by atomic mass is 10.3. The third kappa shape index (κ3) is 4.56. The Morgan fingerprint density at radius 3 is 2.55 bits per heavy atom. The van der Waals surface area contributed by atoms with Gasteiger partial charge >= 0.3 is 0 Å². The van der Waals surface area contributed by atoms with E-state index < -0.39 is 0 Å². The first kappa shape index (κ1) is 15.5. The predicted octanol–water partition coefficient (Wildman–Crippen LogP) is 0.853. The Morgan fingerprint density at radius 1 is 1.05 bits per heavy atom. The zero-order chi connectivity index (χ0) is 15.0. The van der Waals surface area contributed by atoms with Crippen molar-refractivity contribution in [2.24, 2.45) is 0 Å². The summed E-state index contributed by atoms with van der Waals surface area (Å²) in [6.45, 7) is 9.25. The maximum atomic E-state index is 5.38. The molecule has 0 amide bonds. The van der Waals surface area contributed by atoms with Crippen LogP contribution in [0.5, 0.6) is 0 Å². The molecule has 1 N–H and O–H groups in total. The van der Waals surface area contributed by atoms with Gasteiger partial charge in [0.15, 0.2) is 0 Å². The van der Waals surface area contributed by atoms with Gasteiger partial charge in [-0.1, -0.05) is 0 Å². The fourth-order valence-electron chi connectivity index (χ4n) is 2.77. The average molecular weight is 305 g/mol. The minimum atomic E-state index is 0.777. The standard InChI is InChI=1S/C16H25N4O2/c1-3-15(17-5-2-6-19-7-11-21-12-8-19)18-16(4-1)20-9-13-22-14-10-20/h3-4H,2,5-14H2,(H,17,18). The molecule has 22 heavy (non-hydrogen) atoms. The van der Waals surface area contributed by atoms with Crippen LogP contribution in [0, 0.1) is 6.07 Å². The summed E-state index contributed by atoms with van der Waals surface area (Å²) in [6.07, 6.45) is 1.11. The van der Waals surface area contributed by atoms with Crippen LogP contribution in [0.1, 0.15) is 6.42 Å². The Bertz CT molecular complexity index is 446. The molecule has 1 aromatic rings. The van der Waals surface area contributed by atoms with Crippen LogP contribution in [0.15, 0.2) is 12.1 Å². The molecule has 0 atom stereocenters. The predicted molar refractivity (Wildman–Crippen MR) is 86.5 cm³/mol. The summed E-state index contributed by atoms with van der Waals surface area (Å²) >= 11 is 0. The van der Waals surface area contributed by atoms with E-state index in [0.29, 0.717) is 0 Å². The summed E-state index contributed by atoms with van der Waals surface area (Å²) in [7, 11) is 0. The summed E-state index contributed by atoms with van der Waals surface area (Å²) in [5.41, 5.74) is 0. The molecule has 1 aromatic heterocycles. The molecule has 2 fully saturated rings. The number of nitrogens with one attached hydrogen (secondary N) is 1. The van der Waals surface area contributed by atoms with E-state index in [0.717, 1.165) is 83.8 Å². The van der Waals surface area contributed by atoms with Gasteiger partial charge in [0.25, 0.3) is 0 Å². The molecule has 2 saturated heterocycles. The Kier molecular flexibility index (Phi) is 5.86. The maximum Gasteiger partial charge on any atom is 0.131 e. The average Bonchev–Trinajstić information content (AvgIpc) is 2.61. The van der Waals surface area contributed by atoms with E-state index in [4.69, 9.17) is 9.47 Å². The normalized spacial score (nSPS) is 20.1. The molecule has 0 unspecified atom stereocenters. The third-order valence-electron chi connectivity index (χ3n) is 4.06. The largest absolute Gasteiger partial charge is 0.379 e. The van der Waals surface area contributed by atoms with Crippen molar-refractivity contribution >= 4 is 11.6 Å². The minimum Gasteiger partial charge on any atom is -0.379 e. The summed E-state index contributed by atoms with van der Waals surface area (Å²) in [5.74, 6) is 1.90. The highest BCUT2D eigenvalue weighted by molar-refractivity contribution is 5.46. The van der Waals surface area contributed by atoms with Gasteiger partial charge in [0.1, 0.15) is 11.6 Å². The van der Waals surface area contributed by atoms with Crippen LogP contribution >= 0.6 is 0 Å². The lowest BCUT2D eigenvalue weighted by Crippen LogP contribution is -2.37. The van der Waals surface area contributed by atoms with Gasteiger partial charge in [-0.25, -0.2) is 4.98 Å². The molecular formula is C16H25N4O2. The fraction of sp³-hybridized carbons (Fsp3) is 0.688. The number of ether oxygens (including phenoxy) is 2. The lowest BCUT2D eigenvalue weighted by molar-refractivity contribution is 0.0378. The molecule has 2 aliphatic heterocycles. The van der Waals surface area contributed by atoms with Crippen molar-refractivity contribution in [1.82, 2.24) is 9.88 Å². The Labute approximate surface area is 132 Å². The number of hydrogen-bond donors (Lipinski definition) is 1. The molecule has 6 nitrogen and oxygen atoms in total. The molecule has 0 saturated carbocycles. The molecule has 6 heteroatoms. The van der Waals surface area contributed by atoms with E-state index in [-0.39, 0.29) is 0 Å². The zero-order valence-corrected chi connectivity index (χ0v) is 13.1. The second kappa shape index (κ2) is 8.31. The molecule has 1 radical (unpaired) electrons. The molecule has 3 rings (SSSR count). The Morgan fingerprint density at radius 2 is 1.77 bits per heavy atom. The minimum absolute atomic E-state index is 0.777. The van der Waals surface area contributed by atoms with Gasteiger partial charge in [-0.2, -0.15) is 0 Å².